The minimum Gasteiger partial charge on any atom is -0.497 e. The van der Waals surface area contributed by atoms with E-state index in [1.165, 1.54) is 16.3 Å². The Labute approximate surface area is 164 Å². The number of benzene rings is 3. The molecule has 0 saturated carbocycles. The Balaban J connectivity index is 1.60. The summed E-state index contributed by atoms with van der Waals surface area (Å²) in [6, 6.07) is 12.7. The Bertz CT molecular complexity index is 1020. The molecule has 3 aromatic rings. The zero-order chi connectivity index (χ0) is 19.1. The van der Waals surface area contributed by atoms with E-state index < -0.39 is 0 Å². The van der Waals surface area contributed by atoms with Crippen LogP contribution in [0, 0.1) is 5.92 Å². The highest BCUT2D eigenvalue weighted by Crippen LogP contribution is 2.40. The molecule has 5 rings (SSSR count). The van der Waals surface area contributed by atoms with E-state index in [-0.39, 0.29) is 6.79 Å². The summed E-state index contributed by atoms with van der Waals surface area (Å²) in [7, 11) is 1.70. The van der Waals surface area contributed by atoms with Gasteiger partial charge in [0.1, 0.15) is 5.75 Å². The monoisotopic (exact) mass is 379 g/mol. The van der Waals surface area contributed by atoms with Gasteiger partial charge in [0.05, 0.1) is 7.11 Å². The molecule has 1 saturated heterocycles. The number of hydrogen-bond acceptors (Lipinski definition) is 5. The average Bonchev–Trinajstić information content (AvgIpc) is 3.20. The SMILES string of the molecule is COc1ccc2c(CN3CCC(CO)CC3)cc3cc4c(cc3c2c1)OCO4. The van der Waals surface area contributed by atoms with Gasteiger partial charge in [-0.2, -0.15) is 0 Å². The molecule has 0 aliphatic carbocycles. The first-order valence-electron chi connectivity index (χ1n) is 9.91. The fourth-order valence-electron chi connectivity index (χ4n) is 4.43. The largest absolute Gasteiger partial charge is 0.497 e. The molecule has 0 radical (unpaired) electrons. The van der Waals surface area contributed by atoms with Gasteiger partial charge in [-0.1, -0.05) is 6.07 Å². The molecule has 0 bridgehead atoms. The number of ether oxygens (including phenoxy) is 3. The van der Waals surface area contributed by atoms with Crippen LogP contribution in [0.5, 0.6) is 17.2 Å². The van der Waals surface area contributed by atoms with Crippen molar-refractivity contribution in [2.45, 2.75) is 19.4 Å². The summed E-state index contributed by atoms with van der Waals surface area (Å²) in [4.78, 5) is 2.49. The molecule has 28 heavy (non-hydrogen) atoms. The van der Waals surface area contributed by atoms with E-state index >= 15 is 0 Å². The van der Waals surface area contributed by atoms with E-state index in [1.54, 1.807) is 7.11 Å². The van der Waals surface area contributed by atoms with Crippen molar-refractivity contribution in [1.29, 1.82) is 0 Å². The fourth-order valence-corrected chi connectivity index (χ4v) is 4.43. The van der Waals surface area contributed by atoms with Crippen molar-refractivity contribution in [3.63, 3.8) is 0 Å². The van der Waals surface area contributed by atoms with E-state index in [0.717, 1.165) is 60.5 Å². The number of piperidine rings is 1. The van der Waals surface area contributed by atoms with Gasteiger partial charge in [0.15, 0.2) is 11.5 Å². The van der Waals surface area contributed by atoms with Gasteiger partial charge in [0.25, 0.3) is 0 Å². The van der Waals surface area contributed by atoms with Crippen molar-refractivity contribution in [1.82, 2.24) is 4.90 Å². The van der Waals surface area contributed by atoms with Gasteiger partial charge in [0.2, 0.25) is 6.79 Å². The van der Waals surface area contributed by atoms with Gasteiger partial charge in [-0.15, -0.1) is 0 Å². The van der Waals surface area contributed by atoms with Crippen LogP contribution in [-0.4, -0.2) is 43.6 Å². The molecule has 1 fully saturated rings. The fraction of sp³-hybridized carbons (Fsp3) is 0.391. The van der Waals surface area contributed by atoms with Crippen molar-refractivity contribution in [2.75, 3.05) is 33.6 Å². The maximum absolute atomic E-state index is 9.40. The first-order valence-corrected chi connectivity index (χ1v) is 9.91. The molecule has 146 valence electrons. The molecule has 5 nitrogen and oxygen atoms in total. The molecular formula is C23H25NO4. The lowest BCUT2D eigenvalue weighted by Gasteiger charge is -2.31. The number of nitrogens with zero attached hydrogens (tertiary/aromatic N) is 1. The summed E-state index contributed by atoms with van der Waals surface area (Å²) in [5.74, 6) is 2.92. The standard InChI is InChI=1S/C23H25NO4/c1-26-18-2-3-19-17(12-24-6-4-15(13-25)5-7-24)8-16-9-22-23(28-14-27-22)11-20(16)21(19)10-18/h2-3,8-11,15,25H,4-7,12-14H2,1H3. The van der Waals surface area contributed by atoms with Crippen LogP contribution >= 0.6 is 0 Å². The normalized spacial score (nSPS) is 17.5. The third-order valence-electron chi connectivity index (χ3n) is 6.10. The van der Waals surface area contributed by atoms with Crippen molar-refractivity contribution in [3.05, 3.63) is 42.0 Å². The minimum atomic E-state index is 0.277. The lowest BCUT2D eigenvalue weighted by molar-refractivity contribution is 0.127. The second-order valence-electron chi connectivity index (χ2n) is 7.78. The van der Waals surface area contributed by atoms with Crippen LogP contribution in [0.2, 0.25) is 0 Å². The van der Waals surface area contributed by atoms with Gasteiger partial charge in [-0.25, -0.2) is 0 Å². The highest BCUT2D eigenvalue weighted by Gasteiger charge is 2.21. The zero-order valence-corrected chi connectivity index (χ0v) is 16.1. The molecule has 0 atom stereocenters. The van der Waals surface area contributed by atoms with E-state index in [1.807, 2.05) is 6.07 Å². The number of methoxy groups -OCH3 is 1. The number of fused-ring (bicyclic) bond motifs is 4. The van der Waals surface area contributed by atoms with E-state index in [0.29, 0.717) is 12.5 Å². The molecular weight excluding hydrogens is 354 g/mol. The quantitative estimate of drug-likeness (QED) is 0.696. The van der Waals surface area contributed by atoms with Crippen molar-refractivity contribution in [2.24, 2.45) is 5.92 Å². The molecule has 0 unspecified atom stereocenters. The zero-order valence-electron chi connectivity index (χ0n) is 16.1. The topological polar surface area (TPSA) is 51.2 Å². The number of aliphatic hydroxyl groups excluding tert-OH is 1. The van der Waals surface area contributed by atoms with Crippen molar-refractivity contribution in [3.8, 4) is 17.2 Å². The van der Waals surface area contributed by atoms with Crippen LogP contribution in [0.25, 0.3) is 21.5 Å². The number of likely N-dealkylation sites (tertiary alicyclic amines) is 1. The Morgan fingerprint density at radius 2 is 1.79 bits per heavy atom. The maximum Gasteiger partial charge on any atom is 0.231 e. The molecule has 2 aliphatic rings. The number of rotatable bonds is 4. The summed E-state index contributed by atoms with van der Waals surface area (Å²) in [6.45, 7) is 3.55. The molecule has 5 heteroatoms. The van der Waals surface area contributed by atoms with Crippen LogP contribution in [0.15, 0.2) is 36.4 Å². The first-order chi connectivity index (χ1) is 13.7. The van der Waals surface area contributed by atoms with E-state index in [9.17, 15) is 5.11 Å². The third-order valence-corrected chi connectivity index (χ3v) is 6.10. The molecule has 0 aromatic heterocycles. The molecule has 1 N–H and O–H groups in total. The summed E-state index contributed by atoms with van der Waals surface area (Å²) in [5, 5.41) is 14.1. The number of hydrogen-bond donors (Lipinski definition) is 1. The summed E-state index contributed by atoms with van der Waals surface area (Å²) >= 11 is 0. The van der Waals surface area contributed by atoms with Crippen LogP contribution in [-0.2, 0) is 6.54 Å². The molecule has 0 amide bonds. The highest BCUT2D eigenvalue weighted by atomic mass is 16.7. The molecule has 2 heterocycles. The van der Waals surface area contributed by atoms with Gasteiger partial charge < -0.3 is 19.3 Å². The van der Waals surface area contributed by atoms with Crippen molar-refractivity contribution < 1.29 is 19.3 Å². The highest BCUT2D eigenvalue weighted by molar-refractivity contribution is 6.10. The average molecular weight is 379 g/mol. The lowest BCUT2D eigenvalue weighted by Crippen LogP contribution is -2.34. The smallest absolute Gasteiger partial charge is 0.231 e. The minimum absolute atomic E-state index is 0.277. The van der Waals surface area contributed by atoms with Crippen molar-refractivity contribution >= 4 is 21.5 Å². The third kappa shape index (κ3) is 3.05. The summed E-state index contributed by atoms with van der Waals surface area (Å²) in [5.41, 5.74) is 1.31. The Kier molecular flexibility index (Phi) is 4.49. The lowest BCUT2D eigenvalue weighted by atomic mass is 9.94. The first kappa shape index (κ1) is 17.6. The predicted octanol–water partition coefficient (Wildman–Crippen LogP) is 3.93. The maximum atomic E-state index is 9.40. The summed E-state index contributed by atoms with van der Waals surface area (Å²) < 4.78 is 16.7. The van der Waals surface area contributed by atoms with Crippen LogP contribution < -0.4 is 14.2 Å². The van der Waals surface area contributed by atoms with Gasteiger partial charge in [0, 0.05) is 13.2 Å². The molecule has 0 spiro atoms. The Morgan fingerprint density at radius 1 is 1.00 bits per heavy atom. The second kappa shape index (κ2) is 7.15. The van der Waals surface area contributed by atoms with Crippen LogP contribution in [0.3, 0.4) is 0 Å². The Morgan fingerprint density at radius 3 is 2.54 bits per heavy atom. The predicted molar refractivity (Wildman–Crippen MR) is 109 cm³/mol. The van der Waals surface area contributed by atoms with E-state index in [2.05, 4.69) is 35.2 Å². The Hall–Kier alpha value is -2.50. The van der Waals surface area contributed by atoms with Crippen LogP contribution in [0.4, 0.5) is 0 Å². The van der Waals surface area contributed by atoms with Crippen LogP contribution in [0.1, 0.15) is 18.4 Å². The second-order valence-corrected chi connectivity index (χ2v) is 7.78. The molecule has 3 aromatic carbocycles. The summed E-state index contributed by atoms with van der Waals surface area (Å²) in [6.07, 6.45) is 2.13. The molecule has 2 aliphatic heterocycles. The van der Waals surface area contributed by atoms with Gasteiger partial charge >= 0.3 is 0 Å². The number of aliphatic hydroxyl groups is 1. The van der Waals surface area contributed by atoms with Gasteiger partial charge in [-0.05, 0) is 89.3 Å². The van der Waals surface area contributed by atoms with Gasteiger partial charge in [-0.3, -0.25) is 4.90 Å². The van der Waals surface area contributed by atoms with E-state index in [4.69, 9.17) is 14.2 Å².